The van der Waals surface area contributed by atoms with E-state index in [0.717, 1.165) is 17.3 Å². The van der Waals surface area contributed by atoms with Crippen LogP contribution in [0.2, 0.25) is 5.02 Å². The van der Waals surface area contributed by atoms with Crippen LogP contribution >= 0.6 is 39.3 Å². The van der Waals surface area contributed by atoms with Crippen molar-refractivity contribution in [2.45, 2.75) is 6.54 Å². The first-order valence-electron chi connectivity index (χ1n) is 8.89. The van der Waals surface area contributed by atoms with Gasteiger partial charge in [0.1, 0.15) is 0 Å². The van der Waals surface area contributed by atoms with Gasteiger partial charge in [0, 0.05) is 9.50 Å². The van der Waals surface area contributed by atoms with Crippen LogP contribution in [0.3, 0.4) is 0 Å². The van der Waals surface area contributed by atoms with Crippen LogP contribution in [0.1, 0.15) is 11.1 Å². The third-order valence-corrected chi connectivity index (χ3v) is 6.12. The van der Waals surface area contributed by atoms with Crippen LogP contribution in [0.4, 0.5) is 4.79 Å². The Labute approximate surface area is 196 Å². The normalized spacial score (nSPS) is 14.8. The quantitative estimate of drug-likeness (QED) is 0.375. The Morgan fingerprint density at radius 1 is 1.16 bits per heavy atom. The molecule has 3 rings (SSSR count). The number of carbonyl (C=O) groups excluding carboxylic acids is 3. The SMILES string of the molecule is COC(=O)COc1cc(Br)c(/C=C2\SC(=O)N(Cc3ccc(Cl)cc3)C2=O)cc1OC. The molecule has 2 amide bonds. The van der Waals surface area contributed by atoms with Gasteiger partial charge in [-0.05, 0) is 53.2 Å². The number of hydrogen-bond donors (Lipinski definition) is 0. The minimum absolute atomic E-state index is 0.157. The Morgan fingerprint density at radius 2 is 1.87 bits per heavy atom. The fraction of sp³-hybridized carbons (Fsp3) is 0.190. The van der Waals surface area contributed by atoms with Crippen molar-refractivity contribution in [3.63, 3.8) is 0 Å². The monoisotopic (exact) mass is 525 g/mol. The molecular formula is C21H17BrClNO6S. The maximum atomic E-state index is 12.8. The smallest absolute Gasteiger partial charge is 0.343 e. The molecule has 10 heteroatoms. The molecule has 0 N–H and O–H groups in total. The highest BCUT2D eigenvalue weighted by Gasteiger charge is 2.35. The standard InChI is InChI=1S/C21H17BrClNO6S/c1-28-16-7-13(15(22)9-17(16)30-11-19(25)29-2)8-18-20(26)24(21(27)31-18)10-12-3-5-14(23)6-4-12/h3-9H,10-11H2,1-2H3/b18-8-. The van der Waals surface area contributed by atoms with E-state index in [1.807, 2.05) is 0 Å². The fourth-order valence-electron chi connectivity index (χ4n) is 2.68. The van der Waals surface area contributed by atoms with Gasteiger partial charge in [0.25, 0.3) is 11.1 Å². The van der Waals surface area contributed by atoms with Crippen molar-refractivity contribution < 1.29 is 28.6 Å². The van der Waals surface area contributed by atoms with Crippen molar-refractivity contribution in [3.8, 4) is 11.5 Å². The van der Waals surface area contributed by atoms with Gasteiger partial charge >= 0.3 is 5.97 Å². The molecule has 0 saturated carbocycles. The number of halogens is 2. The van der Waals surface area contributed by atoms with Crippen molar-refractivity contribution in [1.29, 1.82) is 0 Å². The van der Waals surface area contributed by atoms with Crippen molar-refractivity contribution in [1.82, 2.24) is 4.90 Å². The average molecular weight is 527 g/mol. The highest BCUT2D eigenvalue weighted by Crippen LogP contribution is 2.38. The zero-order chi connectivity index (χ0) is 22.5. The van der Waals surface area contributed by atoms with Gasteiger partial charge in [-0.1, -0.05) is 39.7 Å². The Bertz CT molecular complexity index is 1060. The van der Waals surface area contributed by atoms with Crippen LogP contribution in [-0.4, -0.2) is 42.8 Å². The third-order valence-electron chi connectivity index (χ3n) is 4.27. The maximum absolute atomic E-state index is 12.8. The van der Waals surface area contributed by atoms with Gasteiger partial charge in [-0.15, -0.1) is 0 Å². The van der Waals surface area contributed by atoms with E-state index in [9.17, 15) is 14.4 Å². The van der Waals surface area contributed by atoms with Crippen LogP contribution in [-0.2, 0) is 20.9 Å². The summed E-state index contributed by atoms with van der Waals surface area (Å²) in [6.45, 7) is -0.119. The van der Waals surface area contributed by atoms with Crippen LogP contribution < -0.4 is 9.47 Å². The summed E-state index contributed by atoms with van der Waals surface area (Å²) in [6.07, 6.45) is 1.60. The Morgan fingerprint density at radius 3 is 2.52 bits per heavy atom. The molecule has 0 aliphatic carbocycles. The minimum atomic E-state index is -0.531. The van der Waals surface area contributed by atoms with Gasteiger partial charge < -0.3 is 14.2 Å². The molecule has 1 aliphatic heterocycles. The summed E-state index contributed by atoms with van der Waals surface area (Å²) >= 11 is 10.2. The Balaban J connectivity index is 1.82. The van der Waals surface area contributed by atoms with Gasteiger partial charge in [0.15, 0.2) is 18.1 Å². The van der Waals surface area contributed by atoms with Crippen LogP contribution in [0.15, 0.2) is 45.8 Å². The summed E-state index contributed by atoms with van der Waals surface area (Å²) in [6, 6.07) is 10.2. The van der Waals surface area contributed by atoms with E-state index >= 15 is 0 Å². The Kier molecular flexibility index (Phi) is 7.64. The summed E-state index contributed by atoms with van der Waals surface area (Å²) in [5.41, 5.74) is 1.40. The minimum Gasteiger partial charge on any atom is -0.493 e. The van der Waals surface area contributed by atoms with E-state index in [1.54, 1.807) is 42.5 Å². The van der Waals surface area contributed by atoms with E-state index < -0.39 is 5.97 Å². The number of imide groups is 1. The zero-order valence-electron chi connectivity index (χ0n) is 16.5. The molecule has 0 atom stereocenters. The molecule has 31 heavy (non-hydrogen) atoms. The second kappa shape index (κ2) is 10.2. The lowest BCUT2D eigenvalue weighted by Gasteiger charge is -2.13. The lowest BCUT2D eigenvalue weighted by molar-refractivity contribution is -0.142. The number of methoxy groups -OCH3 is 2. The average Bonchev–Trinajstić information content (AvgIpc) is 3.02. The third kappa shape index (κ3) is 5.61. The second-order valence-electron chi connectivity index (χ2n) is 6.28. The highest BCUT2D eigenvalue weighted by atomic mass is 79.9. The van der Waals surface area contributed by atoms with E-state index in [2.05, 4.69) is 20.7 Å². The lowest BCUT2D eigenvalue weighted by atomic mass is 10.1. The van der Waals surface area contributed by atoms with Crippen molar-refractivity contribution >= 4 is 62.5 Å². The van der Waals surface area contributed by atoms with Crippen LogP contribution in [0.5, 0.6) is 11.5 Å². The number of ether oxygens (including phenoxy) is 3. The summed E-state index contributed by atoms with van der Waals surface area (Å²) in [5, 5.41) is 0.225. The predicted molar refractivity (Wildman–Crippen MR) is 121 cm³/mol. The number of esters is 1. The molecule has 0 radical (unpaired) electrons. The maximum Gasteiger partial charge on any atom is 0.343 e. The summed E-state index contributed by atoms with van der Waals surface area (Å²) < 4.78 is 15.9. The molecule has 1 heterocycles. The molecule has 0 unspecified atom stereocenters. The topological polar surface area (TPSA) is 82.1 Å². The molecule has 0 aromatic heterocycles. The molecule has 1 aliphatic rings. The van der Waals surface area contributed by atoms with E-state index in [1.165, 1.54) is 19.1 Å². The largest absolute Gasteiger partial charge is 0.493 e. The van der Waals surface area contributed by atoms with Gasteiger partial charge in [-0.2, -0.15) is 0 Å². The first-order valence-corrected chi connectivity index (χ1v) is 10.9. The van der Waals surface area contributed by atoms with Gasteiger partial charge in [-0.3, -0.25) is 14.5 Å². The molecule has 1 saturated heterocycles. The van der Waals surface area contributed by atoms with E-state index in [0.29, 0.717) is 26.6 Å². The predicted octanol–water partition coefficient (Wildman–Crippen LogP) is 4.90. The fourth-order valence-corrected chi connectivity index (χ4v) is 4.07. The van der Waals surface area contributed by atoms with Crippen LogP contribution in [0, 0.1) is 0 Å². The zero-order valence-corrected chi connectivity index (χ0v) is 19.7. The lowest BCUT2D eigenvalue weighted by Crippen LogP contribution is -2.27. The summed E-state index contributed by atoms with van der Waals surface area (Å²) in [7, 11) is 2.72. The number of hydrogen-bond acceptors (Lipinski definition) is 7. The van der Waals surface area contributed by atoms with E-state index in [-0.39, 0.29) is 29.2 Å². The van der Waals surface area contributed by atoms with Crippen LogP contribution in [0.25, 0.3) is 6.08 Å². The van der Waals surface area contributed by atoms with Gasteiger partial charge in [-0.25, -0.2) is 4.79 Å². The van der Waals surface area contributed by atoms with Crippen molar-refractivity contribution in [2.75, 3.05) is 20.8 Å². The molecule has 0 bridgehead atoms. The number of rotatable bonds is 7. The summed E-state index contributed by atoms with van der Waals surface area (Å²) in [4.78, 5) is 38.0. The molecule has 1 fully saturated rings. The summed E-state index contributed by atoms with van der Waals surface area (Å²) in [5.74, 6) is -0.232. The van der Waals surface area contributed by atoms with Crippen molar-refractivity contribution in [3.05, 3.63) is 61.9 Å². The first-order chi connectivity index (χ1) is 14.8. The van der Waals surface area contributed by atoms with Gasteiger partial charge in [0.2, 0.25) is 0 Å². The molecule has 2 aromatic carbocycles. The Hall–Kier alpha value is -2.49. The molecule has 0 spiro atoms. The van der Waals surface area contributed by atoms with E-state index in [4.69, 9.17) is 21.1 Å². The second-order valence-corrected chi connectivity index (χ2v) is 8.57. The molecule has 2 aromatic rings. The number of nitrogens with zero attached hydrogens (tertiary/aromatic N) is 1. The molecule has 7 nitrogen and oxygen atoms in total. The van der Waals surface area contributed by atoms with Crippen molar-refractivity contribution in [2.24, 2.45) is 0 Å². The number of amides is 2. The number of carbonyl (C=O) groups is 3. The number of thioether (sulfide) groups is 1. The molecule has 162 valence electrons. The number of benzene rings is 2. The highest BCUT2D eigenvalue weighted by molar-refractivity contribution is 9.10. The first kappa shape index (κ1) is 23.2. The molecular weight excluding hydrogens is 510 g/mol. The van der Waals surface area contributed by atoms with Gasteiger partial charge in [0.05, 0.1) is 25.7 Å².